The molecule has 0 saturated heterocycles. The van der Waals surface area contributed by atoms with Gasteiger partial charge >= 0.3 is 5.97 Å². The Bertz CT molecular complexity index is 783. The van der Waals surface area contributed by atoms with Gasteiger partial charge in [-0.3, -0.25) is 9.59 Å². The van der Waals surface area contributed by atoms with Crippen LogP contribution < -0.4 is 0 Å². The molecule has 4 rings (SSSR count). The van der Waals surface area contributed by atoms with E-state index in [1.54, 1.807) is 6.92 Å². The second-order valence-electron chi connectivity index (χ2n) is 13.3. The van der Waals surface area contributed by atoms with Gasteiger partial charge in [0.25, 0.3) is 0 Å². The first kappa shape index (κ1) is 25.0. The van der Waals surface area contributed by atoms with Gasteiger partial charge in [-0.1, -0.05) is 60.5 Å². The summed E-state index contributed by atoms with van der Waals surface area (Å²) in [5.41, 5.74) is 0.216. The second kappa shape index (κ2) is 9.15. The van der Waals surface area contributed by atoms with Crippen LogP contribution in [0.1, 0.15) is 99.8 Å². The van der Waals surface area contributed by atoms with Crippen molar-refractivity contribution in [1.82, 2.24) is 0 Å². The summed E-state index contributed by atoms with van der Waals surface area (Å²) in [5.74, 6) is 5.14. The van der Waals surface area contributed by atoms with Crippen molar-refractivity contribution in [1.29, 1.82) is 0 Å². The third-order valence-electron chi connectivity index (χ3n) is 11.2. The topological polar surface area (TPSA) is 43.4 Å². The van der Waals surface area contributed by atoms with Crippen molar-refractivity contribution in [3.63, 3.8) is 0 Å². The largest absolute Gasteiger partial charge is 0.462 e. The van der Waals surface area contributed by atoms with Gasteiger partial charge in [-0.2, -0.15) is 0 Å². The van der Waals surface area contributed by atoms with Gasteiger partial charge in [-0.05, 0) is 90.4 Å². The van der Waals surface area contributed by atoms with Crippen molar-refractivity contribution in [2.24, 2.45) is 58.2 Å². The molecule has 3 nitrogen and oxygen atoms in total. The van der Waals surface area contributed by atoms with E-state index in [1.165, 1.54) is 32.1 Å². The van der Waals surface area contributed by atoms with E-state index in [2.05, 4.69) is 47.6 Å². The quantitative estimate of drug-likeness (QED) is 0.396. The first-order valence-electron chi connectivity index (χ1n) is 13.9. The van der Waals surface area contributed by atoms with Gasteiger partial charge < -0.3 is 4.74 Å². The molecule has 3 fully saturated rings. The van der Waals surface area contributed by atoms with Crippen LogP contribution in [0.5, 0.6) is 0 Å². The summed E-state index contributed by atoms with van der Waals surface area (Å²) in [6, 6.07) is 0. The highest BCUT2D eigenvalue weighted by Crippen LogP contribution is 2.68. The van der Waals surface area contributed by atoms with E-state index in [4.69, 9.17) is 4.74 Å². The number of hydrogen-bond donors (Lipinski definition) is 0. The van der Waals surface area contributed by atoms with Crippen LogP contribution in [0.25, 0.3) is 0 Å². The summed E-state index contributed by atoms with van der Waals surface area (Å²) in [4.78, 5) is 24.5. The van der Waals surface area contributed by atoms with E-state index in [9.17, 15) is 9.59 Å². The Labute approximate surface area is 202 Å². The van der Waals surface area contributed by atoms with Crippen LogP contribution in [-0.4, -0.2) is 17.9 Å². The van der Waals surface area contributed by atoms with Crippen LogP contribution in [0.4, 0.5) is 0 Å². The van der Waals surface area contributed by atoms with Crippen molar-refractivity contribution in [3.05, 3.63) is 12.2 Å². The molecular weight excluding hydrogens is 408 g/mol. The van der Waals surface area contributed by atoms with Crippen LogP contribution in [0.3, 0.4) is 0 Å². The fraction of sp³-hybridized carbons (Fsp3) is 0.867. The molecule has 0 radical (unpaired) electrons. The maximum Gasteiger partial charge on any atom is 0.302 e. The molecule has 0 aromatic rings. The lowest BCUT2D eigenvalue weighted by Gasteiger charge is -2.61. The molecule has 4 aliphatic carbocycles. The zero-order valence-electron chi connectivity index (χ0n) is 22.2. The lowest BCUT2D eigenvalue weighted by atomic mass is 9.44. The molecule has 0 unspecified atom stereocenters. The van der Waals surface area contributed by atoms with Gasteiger partial charge in [0.1, 0.15) is 6.10 Å². The molecule has 0 aromatic carbocycles. The monoisotopic (exact) mass is 456 g/mol. The molecule has 4 aliphatic rings. The smallest absolute Gasteiger partial charge is 0.302 e. The van der Waals surface area contributed by atoms with Crippen molar-refractivity contribution in [2.75, 3.05) is 0 Å². The number of carbonyl (C=O) groups excluding carboxylic acids is 2. The van der Waals surface area contributed by atoms with Crippen LogP contribution >= 0.6 is 0 Å². The number of carbonyl (C=O) groups is 2. The predicted molar refractivity (Wildman–Crippen MR) is 133 cm³/mol. The molecule has 0 bridgehead atoms. The molecular formula is C30H48O3. The summed E-state index contributed by atoms with van der Waals surface area (Å²) in [7, 11) is 0. The minimum Gasteiger partial charge on any atom is -0.462 e. The van der Waals surface area contributed by atoms with E-state index in [0.717, 1.165) is 36.5 Å². The predicted octanol–water partition coefficient (Wildman–Crippen LogP) is 7.24. The number of ketones is 1. The molecule has 0 aliphatic heterocycles. The molecule has 33 heavy (non-hydrogen) atoms. The van der Waals surface area contributed by atoms with E-state index in [-0.39, 0.29) is 28.7 Å². The molecule has 0 N–H and O–H groups in total. The summed E-state index contributed by atoms with van der Waals surface area (Å²) in [6.07, 6.45) is 13.3. The number of fused-ring (bicyclic) bond motifs is 5. The molecule has 186 valence electrons. The Kier molecular flexibility index (Phi) is 6.93. The lowest BCUT2D eigenvalue weighted by molar-refractivity contribution is -0.184. The third-order valence-corrected chi connectivity index (χ3v) is 11.2. The fourth-order valence-corrected chi connectivity index (χ4v) is 9.08. The number of ether oxygens (including phenoxy) is 1. The first-order chi connectivity index (χ1) is 15.5. The van der Waals surface area contributed by atoms with E-state index in [1.807, 2.05) is 6.08 Å². The Hall–Kier alpha value is -1.12. The summed E-state index contributed by atoms with van der Waals surface area (Å²) in [5, 5.41) is 0. The van der Waals surface area contributed by atoms with Crippen LogP contribution in [0.2, 0.25) is 0 Å². The highest BCUT2D eigenvalue weighted by atomic mass is 16.5. The summed E-state index contributed by atoms with van der Waals surface area (Å²) in [6.45, 7) is 16.1. The van der Waals surface area contributed by atoms with Gasteiger partial charge in [-0.15, -0.1) is 0 Å². The lowest BCUT2D eigenvalue weighted by Crippen LogP contribution is -2.59. The van der Waals surface area contributed by atoms with Gasteiger partial charge in [-0.25, -0.2) is 0 Å². The minimum absolute atomic E-state index is 0.0261. The van der Waals surface area contributed by atoms with Crippen LogP contribution in [0, 0.1) is 58.2 Å². The molecule has 3 heteroatoms. The Morgan fingerprint density at radius 3 is 2.48 bits per heavy atom. The van der Waals surface area contributed by atoms with E-state index >= 15 is 0 Å². The molecule has 0 amide bonds. The first-order valence-corrected chi connectivity index (χ1v) is 13.9. The minimum atomic E-state index is -0.143. The number of allylic oxidation sites excluding steroid dienone is 2. The van der Waals surface area contributed by atoms with Gasteiger partial charge in [0, 0.05) is 19.3 Å². The fourth-order valence-electron chi connectivity index (χ4n) is 9.08. The van der Waals surface area contributed by atoms with Gasteiger partial charge in [0.2, 0.25) is 0 Å². The Morgan fingerprint density at radius 1 is 1.09 bits per heavy atom. The number of rotatable bonds is 6. The second-order valence-corrected chi connectivity index (χ2v) is 13.3. The number of esters is 1. The Morgan fingerprint density at radius 2 is 1.82 bits per heavy atom. The Balaban J connectivity index is 1.61. The maximum absolute atomic E-state index is 12.3. The van der Waals surface area contributed by atoms with Gasteiger partial charge in [0.05, 0.1) is 0 Å². The highest BCUT2D eigenvalue weighted by Gasteiger charge is 2.63. The van der Waals surface area contributed by atoms with E-state index in [0.29, 0.717) is 30.1 Å². The third kappa shape index (κ3) is 4.36. The molecule has 0 aromatic heterocycles. The average molecular weight is 457 g/mol. The van der Waals surface area contributed by atoms with E-state index < -0.39 is 0 Å². The van der Waals surface area contributed by atoms with Crippen molar-refractivity contribution >= 4 is 11.8 Å². The molecule has 0 spiro atoms. The standard InChI is InChI=1S/C30H48O3/c1-18(2)19(3)8-9-20(4)25-12-13-26-24-11-10-22-16-23(32)14-15-29(22,6)28(24)27(33-21(5)31)17-30(25,26)7/h14-15,18-20,22,24-28H,8-13,16-17H2,1-7H3/t19-,20+,22-,24-,25+,26+,27+,28-,29-,30-/m0/s1. The summed E-state index contributed by atoms with van der Waals surface area (Å²) < 4.78 is 6.18. The SMILES string of the molecule is CC(=O)O[C@@H]1C[C@]2(C)[C@H](CC[C@@H]2[C@H](C)CC[C@H](C)C(C)C)[C@@H]2CC[C@H]3CC(=O)C=C[C@]3(C)[C@@H]21. The van der Waals surface area contributed by atoms with Crippen molar-refractivity contribution < 1.29 is 14.3 Å². The highest BCUT2D eigenvalue weighted by molar-refractivity contribution is 5.91. The van der Waals surface area contributed by atoms with Crippen LogP contribution in [-0.2, 0) is 14.3 Å². The molecule has 10 atom stereocenters. The zero-order valence-corrected chi connectivity index (χ0v) is 22.2. The summed E-state index contributed by atoms with van der Waals surface area (Å²) >= 11 is 0. The normalized spacial score (nSPS) is 44.1. The zero-order chi connectivity index (χ0) is 24.1. The van der Waals surface area contributed by atoms with Crippen molar-refractivity contribution in [2.45, 2.75) is 106 Å². The van der Waals surface area contributed by atoms with Gasteiger partial charge in [0.15, 0.2) is 5.78 Å². The average Bonchev–Trinajstić information content (AvgIpc) is 3.08. The maximum atomic E-state index is 12.3. The van der Waals surface area contributed by atoms with Crippen molar-refractivity contribution in [3.8, 4) is 0 Å². The molecule has 0 heterocycles. The van der Waals surface area contributed by atoms with Crippen LogP contribution in [0.15, 0.2) is 12.2 Å². The molecule has 3 saturated carbocycles. The number of hydrogen-bond acceptors (Lipinski definition) is 3.